The molecular weight excluding hydrogens is 240 g/mol. The molecule has 0 fully saturated rings. The number of aromatic nitrogens is 3. The third-order valence-electron chi connectivity index (χ3n) is 2.86. The van der Waals surface area contributed by atoms with Crippen LogP contribution in [0.3, 0.4) is 0 Å². The number of hydrogen-bond donors (Lipinski definition) is 3. The van der Waals surface area contributed by atoms with Gasteiger partial charge in [0.1, 0.15) is 23.0 Å². The monoisotopic (exact) mass is 254 g/mol. The molecule has 0 spiro atoms. The molecule has 3 rings (SSSR count). The minimum atomic E-state index is 0.243. The molecule has 0 aliphatic carbocycles. The van der Waals surface area contributed by atoms with E-state index in [2.05, 4.69) is 20.3 Å². The zero-order chi connectivity index (χ0) is 13.4. The SMILES string of the molecule is Cc1nc(Nc2ccc(O)cc2)c2cc(C)[nH]c2n1. The maximum Gasteiger partial charge on any atom is 0.143 e. The first-order chi connectivity index (χ1) is 9.11. The van der Waals surface area contributed by atoms with Gasteiger partial charge in [-0.1, -0.05) is 0 Å². The van der Waals surface area contributed by atoms with Crippen LogP contribution in [0.5, 0.6) is 5.75 Å². The van der Waals surface area contributed by atoms with Crippen LogP contribution in [0.4, 0.5) is 11.5 Å². The number of aromatic hydroxyl groups is 1. The molecule has 0 saturated heterocycles. The van der Waals surface area contributed by atoms with Crippen molar-refractivity contribution in [3.05, 3.63) is 41.9 Å². The van der Waals surface area contributed by atoms with Crippen LogP contribution in [0.2, 0.25) is 0 Å². The van der Waals surface area contributed by atoms with Gasteiger partial charge in [-0.15, -0.1) is 0 Å². The van der Waals surface area contributed by atoms with E-state index in [4.69, 9.17) is 0 Å². The number of aryl methyl sites for hydroxylation is 2. The second kappa shape index (κ2) is 4.28. The lowest BCUT2D eigenvalue weighted by molar-refractivity contribution is 0.475. The predicted octanol–water partition coefficient (Wildman–Crippen LogP) is 3.02. The number of nitrogens with one attached hydrogen (secondary N) is 2. The second-order valence-corrected chi connectivity index (χ2v) is 4.51. The van der Waals surface area contributed by atoms with Gasteiger partial charge in [0.05, 0.1) is 5.39 Å². The van der Waals surface area contributed by atoms with E-state index in [1.165, 1.54) is 0 Å². The largest absolute Gasteiger partial charge is 0.508 e. The maximum atomic E-state index is 9.28. The normalized spacial score (nSPS) is 10.8. The summed E-state index contributed by atoms with van der Waals surface area (Å²) in [5, 5.41) is 13.5. The molecule has 3 aromatic rings. The fourth-order valence-electron chi connectivity index (χ4n) is 2.03. The van der Waals surface area contributed by atoms with Crippen LogP contribution < -0.4 is 5.32 Å². The van der Waals surface area contributed by atoms with Crippen LogP contribution in [0.15, 0.2) is 30.3 Å². The van der Waals surface area contributed by atoms with E-state index in [9.17, 15) is 5.11 Å². The highest BCUT2D eigenvalue weighted by molar-refractivity contribution is 5.89. The number of phenols is 1. The predicted molar refractivity (Wildman–Crippen MR) is 74.8 cm³/mol. The van der Waals surface area contributed by atoms with E-state index < -0.39 is 0 Å². The maximum absolute atomic E-state index is 9.28. The van der Waals surface area contributed by atoms with Gasteiger partial charge in [-0.25, -0.2) is 9.97 Å². The Morgan fingerprint density at radius 1 is 1.11 bits per heavy atom. The van der Waals surface area contributed by atoms with Crippen molar-refractivity contribution < 1.29 is 5.11 Å². The number of benzene rings is 1. The Labute approximate surface area is 110 Å². The van der Waals surface area contributed by atoms with E-state index in [0.717, 1.165) is 28.2 Å². The molecule has 5 heteroatoms. The smallest absolute Gasteiger partial charge is 0.143 e. The highest BCUT2D eigenvalue weighted by Gasteiger charge is 2.08. The molecule has 0 aliphatic heterocycles. The Morgan fingerprint density at radius 2 is 1.84 bits per heavy atom. The summed E-state index contributed by atoms with van der Waals surface area (Å²) < 4.78 is 0. The van der Waals surface area contributed by atoms with Crippen molar-refractivity contribution in [3.63, 3.8) is 0 Å². The molecule has 0 saturated carbocycles. The quantitative estimate of drug-likeness (QED) is 0.614. The average Bonchev–Trinajstić information content (AvgIpc) is 2.72. The lowest BCUT2D eigenvalue weighted by atomic mass is 10.3. The van der Waals surface area contributed by atoms with Crippen molar-refractivity contribution >= 4 is 22.5 Å². The first kappa shape index (κ1) is 11.5. The molecule has 0 aliphatic rings. The summed E-state index contributed by atoms with van der Waals surface area (Å²) in [6.07, 6.45) is 0. The standard InChI is InChI=1S/C14H14N4O/c1-8-7-12-13(15-8)16-9(2)17-14(12)18-10-3-5-11(19)6-4-10/h3-7,19H,1-2H3,(H2,15,16,17,18). The van der Waals surface area contributed by atoms with Gasteiger partial charge in [-0.05, 0) is 44.2 Å². The van der Waals surface area contributed by atoms with Gasteiger partial charge in [-0.3, -0.25) is 0 Å². The lowest BCUT2D eigenvalue weighted by Gasteiger charge is -2.07. The van der Waals surface area contributed by atoms with Gasteiger partial charge >= 0.3 is 0 Å². The molecule has 0 radical (unpaired) electrons. The van der Waals surface area contributed by atoms with Gasteiger partial charge in [-0.2, -0.15) is 0 Å². The Kier molecular flexibility index (Phi) is 2.59. The molecule has 19 heavy (non-hydrogen) atoms. The van der Waals surface area contributed by atoms with Crippen molar-refractivity contribution in [2.45, 2.75) is 13.8 Å². The molecule has 96 valence electrons. The number of anilines is 2. The van der Waals surface area contributed by atoms with Gasteiger partial charge in [0.15, 0.2) is 0 Å². The Bertz CT molecular complexity index is 731. The fraction of sp³-hybridized carbons (Fsp3) is 0.143. The molecule has 0 atom stereocenters. The van der Waals surface area contributed by atoms with Crippen molar-refractivity contribution in [3.8, 4) is 5.75 Å². The number of nitrogens with zero attached hydrogens (tertiary/aromatic N) is 2. The Morgan fingerprint density at radius 3 is 2.58 bits per heavy atom. The van der Waals surface area contributed by atoms with Crippen LogP contribution in [-0.2, 0) is 0 Å². The molecule has 1 aromatic carbocycles. The van der Waals surface area contributed by atoms with Gasteiger partial charge in [0, 0.05) is 11.4 Å². The summed E-state index contributed by atoms with van der Waals surface area (Å²) in [6.45, 7) is 3.85. The molecule has 2 aromatic heterocycles. The molecule has 0 bridgehead atoms. The molecule has 2 heterocycles. The molecule has 3 N–H and O–H groups in total. The first-order valence-corrected chi connectivity index (χ1v) is 6.02. The minimum Gasteiger partial charge on any atom is -0.508 e. The highest BCUT2D eigenvalue weighted by atomic mass is 16.3. The van der Waals surface area contributed by atoms with E-state index in [0.29, 0.717) is 5.82 Å². The summed E-state index contributed by atoms with van der Waals surface area (Å²) in [4.78, 5) is 12.0. The van der Waals surface area contributed by atoms with Crippen molar-refractivity contribution in [1.29, 1.82) is 0 Å². The van der Waals surface area contributed by atoms with Crippen LogP contribution in [0.1, 0.15) is 11.5 Å². The number of aromatic amines is 1. The Balaban J connectivity index is 2.06. The number of H-pyrrole nitrogens is 1. The zero-order valence-corrected chi connectivity index (χ0v) is 10.7. The van der Waals surface area contributed by atoms with E-state index in [1.807, 2.05) is 19.9 Å². The average molecular weight is 254 g/mol. The van der Waals surface area contributed by atoms with E-state index in [1.54, 1.807) is 24.3 Å². The summed E-state index contributed by atoms with van der Waals surface area (Å²) in [6, 6.07) is 8.89. The summed E-state index contributed by atoms with van der Waals surface area (Å²) >= 11 is 0. The Hall–Kier alpha value is -2.56. The van der Waals surface area contributed by atoms with Gasteiger partial charge < -0.3 is 15.4 Å². The topological polar surface area (TPSA) is 73.8 Å². The van der Waals surface area contributed by atoms with Crippen LogP contribution >= 0.6 is 0 Å². The van der Waals surface area contributed by atoms with Gasteiger partial charge in [0.2, 0.25) is 0 Å². The number of rotatable bonds is 2. The van der Waals surface area contributed by atoms with Crippen molar-refractivity contribution in [1.82, 2.24) is 15.0 Å². The number of hydrogen-bond acceptors (Lipinski definition) is 4. The minimum absolute atomic E-state index is 0.243. The summed E-state index contributed by atoms with van der Waals surface area (Å²) in [5.74, 6) is 1.71. The van der Waals surface area contributed by atoms with Crippen LogP contribution in [0, 0.1) is 13.8 Å². The van der Waals surface area contributed by atoms with Crippen molar-refractivity contribution in [2.24, 2.45) is 0 Å². The molecule has 0 unspecified atom stereocenters. The lowest BCUT2D eigenvalue weighted by Crippen LogP contribution is -1.97. The van der Waals surface area contributed by atoms with Gasteiger partial charge in [0.25, 0.3) is 0 Å². The summed E-state index contributed by atoms with van der Waals surface area (Å²) in [5.41, 5.74) is 2.74. The molecular formula is C14H14N4O. The third kappa shape index (κ3) is 2.22. The van der Waals surface area contributed by atoms with Crippen LogP contribution in [0.25, 0.3) is 11.0 Å². The van der Waals surface area contributed by atoms with E-state index in [-0.39, 0.29) is 5.75 Å². The zero-order valence-electron chi connectivity index (χ0n) is 10.7. The number of fused-ring (bicyclic) bond motifs is 1. The van der Waals surface area contributed by atoms with Crippen LogP contribution in [-0.4, -0.2) is 20.1 Å². The molecule has 0 amide bonds. The number of phenolic OH excluding ortho intramolecular Hbond substituents is 1. The van der Waals surface area contributed by atoms with Crippen molar-refractivity contribution in [2.75, 3.05) is 5.32 Å². The molecule has 5 nitrogen and oxygen atoms in total. The third-order valence-corrected chi connectivity index (χ3v) is 2.86. The fourth-order valence-corrected chi connectivity index (χ4v) is 2.03. The van der Waals surface area contributed by atoms with E-state index >= 15 is 0 Å². The highest BCUT2D eigenvalue weighted by Crippen LogP contribution is 2.25. The summed E-state index contributed by atoms with van der Waals surface area (Å²) in [7, 11) is 0. The second-order valence-electron chi connectivity index (χ2n) is 4.51. The first-order valence-electron chi connectivity index (χ1n) is 6.02.